The molecule has 0 N–H and O–H groups in total. The first kappa shape index (κ1) is 77.3. The van der Waals surface area contributed by atoms with E-state index < -0.39 is 6.10 Å². The van der Waals surface area contributed by atoms with Gasteiger partial charge in [0.2, 0.25) is 0 Å². The first-order valence-corrected chi connectivity index (χ1v) is 33.8. The summed E-state index contributed by atoms with van der Waals surface area (Å²) >= 11 is 0. The van der Waals surface area contributed by atoms with Gasteiger partial charge in [0.15, 0.2) is 6.10 Å². The van der Waals surface area contributed by atoms with E-state index in [2.05, 4.69) is 167 Å². The van der Waals surface area contributed by atoms with Crippen LogP contribution in [-0.4, -0.2) is 37.2 Å². The average Bonchev–Trinajstić information content (AvgIpc) is 3.47. The molecule has 6 heteroatoms. The highest BCUT2D eigenvalue weighted by atomic mass is 16.6. The Kier molecular flexibility index (Phi) is 64.8. The number of carbonyl (C=O) groups is 3. The number of esters is 3. The summed E-state index contributed by atoms with van der Waals surface area (Å²) < 4.78 is 16.9. The van der Waals surface area contributed by atoms with Crippen molar-refractivity contribution in [1.82, 2.24) is 0 Å². The minimum atomic E-state index is -0.808. The van der Waals surface area contributed by atoms with Crippen LogP contribution in [0.15, 0.2) is 146 Å². The van der Waals surface area contributed by atoms with Gasteiger partial charge in [0.25, 0.3) is 0 Å². The van der Waals surface area contributed by atoms with Crippen molar-refractivity contribution >= 4 is 17.9 Å². The maximum Gasteiger partial charge on any atom is 0.306 e. The number of allylic oxidation sites excluding steroid dienone is 24. The lowest BCUT2D eigenvalue weighted by Crippen LogP contribution is -2.30. The van der Waals surface area contributed by atoms with E-state index in [1.165, 1.54) is 109 Å². The van der Waals surface area contributed by atoms with Crippen molar-refractivity contribution in [2.45, 2.75) is 303 Å². The Morgan fingerprint density at radius 1 is 0.256 bits per heavy atom. The molecule has 82 heavy (non-hydrogen) atoms. The molecule has 0 aliphatic rings. The second-order valence-electron chi connectivity index (χ2n) is 22.0. The van der Waals surface area contributed by atoms with E-state index in [1.807, 2.05) is 0 Å². The fraction of sp³-hybridized carbons (Fsp3) is 0.645. The van der Waals surface area contributed by atoms with Gasteiger partial charge in [-0.25, -0.2) is 0 Å². The number of carbonyl (C=O) groups excluding carboxylic acids is 3. The predicted octanol–water partition coefficient (Wildman–Crippen LogP) is 23.5. The van der Waals surface area contributed by atoms with Crippen LogP contribution in [0.3, 0.4) is 0 Å². The molecule has 1 unspecified atom stereocenters. The third kappa shape index (κ3) is 66.1. The van der Waals surface area contributed by atoms with Crippen molar-refractivity contribution in [2.75, 3.05) is 13.2 Å². The summed E-state index contributed by atoms with van der Waals surface area (Å²) in [6.07, 6.45) is 98.6. The van der Waals surface area contributed by atoms with Crippen LogP contribution in [-0.2, 0) is 28.6 Å². The fourth-order valence-corrected chi connectivity index (χ4v) is 9.06. The van der Waals surface area contributed by atoms with E-state index >= 15 is 0 Å². The molecule has 1 atom stereocenters. The van der Waals surface area contributed by atoms with Gasteiger partial charge in [-0.1, -0.05) is 282 Å². The number of ether oxygens (including phenoxy) is 3. The summed E-state index contributed by atoms with van der Waals surface area (Å²) in [5.74, 6) is -0.941. The molecule has 0 aliphatic heterocycles. The van der Waals surface area contributed by atoms with Gasteiger partial charge in [0.05, 0.1) is 0 Å². The molecule has 0 radical (unpaired) electrons. The van der Waals surface area contributed by atoms with E-state index in [0.29, 0.717) is 12.8 Å². The summed E-state index contributed by atoms with van der Waals surface area (Å²) in [6.45, 7) is 6.39. The molecule has 0 aromatic rings. The van der Waals surface area contributed by atoms with Gasteiger partial charge in [0, 0.05) is 19.3 Å². The lowest BCUT2D eigenvalue weighted by Gasteiger charge is -2.18. The summed E-state index contributed by atoms with van der Waals surface area (Å²) in [7, 11) is 0. The molecular weight excluding hydrogens is 1010 g/mol. The van der Waals surface area contributed by atoms with Gasteiger partial charge in [-0.05, 0) is 141 Å². The molecule has 0 saturated carbocycles. The Morgan fingerprint density at radius 2 is 0.476 bits per heavy atom. The van der Waals surface area contributed by atoms with Crippen LogP contribution in [0.5, 0.6) is 0 Å². The first-order valence-electron chi connectivity index (χ1n) is 33.8. The fourth-order valence-electron chi connectivity index (χ4n) is 9.06. The lowest BCUT2D eigenvalue weighted by molar-refractivity contribution is -0.167. The Morgan fingerprint density at radius 3 is 0.768 bits per heavy atom. The maximum absolute atomic E-state index is 12.9. The smallest absolute Gasteiger partial charge is 0.306 e. The summed E-state index contributed by atoms with van der Waals surface area (Å²) in [4.78, 5) is 38.4. The van der Waals surface area contributed by atoms with Crippen molar-refractivity contribution in [1.29, 1.82) is 0 Å². The normalized spacial score (nSPS) is 13.1. The Hall–Kier alpha value is -4.71. The summed E-state index contributed by atoms with van der Waals surface area (Å²) in [5.41, 5.74) is 0. The predicted molar refractivity (Wildman–Crippen MR) is 357 cm³/mol. The second kappa shape index (κ2) is 68.8. The van der Waals surface area contributed by atoms with E-state index in [-0.39, 0.29) is 37.5 Å². The summed E-state index contributed by atoms with van der Waals surface area (Å²) in [5, 5.41) is 0. The van der Waals surface area contributed by atoms with E-state index in [4.69, 9.17) is 14.2 Å². The molecular formula is C76H124O6. The number of unbranched alkanes of at least 4 members (excludes halogenated alkanes) is 25. The first-order chi connectivity index (χ1) is 40.5. The van der Waals surface area contributed by atoms with Crippen molar-refractivity contribution in [3.63, 3.8) is 0 Å². The highest BCUT2D eigenvalue weighted by Gasteiger charge is 2.19. The molecule has 0 aromatic carbocycles. The van der Waals surface area contributed by atoms with Crippen molar-refractivity contribution < 1.29 is 28.6 Å². The van der Waals surface area contributed by atoms with Gasteiger partial charge in [-0.3, -0.25) is 14.4 Å². The standard InChI is InChI=1S/C76H124O6/c1-4-7-10-13-16-19-22-25-28-31-33-34-35-36-37-38-39-40-41-42-44-45-48-51-54-57-60-63-66-69-75(78)81-72-73(71-80-74(77)68-65-62-59-56-53-50-47-30-27-24-21-18-15-12-9-6-3)82-76(79)70-67-64-61-58-55-52-49-46-43-32-29-26-23-20-17-14-11-8-5-2/h7-8,10-11,16-17,19-20,25-26,28-30,33-34,36-37,39-40,43,46-47,52,55,73H,4-6,9,12-15,18,21-24,27,31-32,35,38,41-42,44-45,48-51,53-54,56-72H2,1-3H3/b10-7-,11-8-,19-16-,20-17-,28-25-,29-26-,34-33-,37-36-,40-39-,46-43-,47-30-,55-52-. The van der Waals surface area contributed by atoms with Crippen LogP contribution in [0.25, 0.3) is 0 Å². The van der Waals surface area contributed by atoms with Crippen LogP contribution >= 0.6 is 0 Å². The summed E-state index contributed by atoms with van der Waals surface area (Å²) in [6, 6.07) is 0. The zero-order valence-corrected chi connectivity index (χ0v) is 53.2. The minimum Gasteiger partial charge on any atom is -0.462 e. The quantitative estimate of drug-likeness (QED) is 0.0261. The largest absolute Gasteiger partial charge is 0.462 e. The van der Waals surface area contributed by atoms with Crippen LogP contribution in [0.4, 0.5) is 0 Å². The average molecular weight is 1130 g/mol. The Labute approximate surface area is 506 Å². The monoisotopic (exact) mass is 1130 g/mol. The molecule has 0 fully saturated rings. The maximum atomic E-state index is 12.9. The zero-order valence-electron chi connectivity index (χ0n) is 53.2. The van der Waals surface area contributed by atoms with Gasteiger partial charge < -0.3 is 14.2 Å². The molecule has 0 amide bonds. The van der Waals surface area contributed by atoms with Crippen LogP contribution in [0, 0.1) is 0 Å². The Balaban J connectivity index is 4.41. The SMILES string of the molecule is CC/C=C\C/C=C\C/C=C\C/C=C\C/C=C\C/C=C\CCCCCCCCCCCCC(=O)OCC(COC(=O)CCCCCCC/C=C\CCCCCCCCC)OC(=O)CCCCC/C=C\C/C=C\C/C=C\C/C=C\C/C=C\CC. The molecule has 0 aromatic heterocycles. The highest BCUT2D eigenvalue weighted by Crippen LogP contribution is 2.15. The van der Waals surface area contributed by atoms with Crippen LogP contribution in [0.1, 0.15) is 297 Å². The van der Waals surface area contributed by atoms with Crippen LogP contribution < -0.4 is 0 Å². The Bertz CT molecular complexity index is 1780. The third-order valence-electron chi connectivity index (χ3n) is 14.1. The van der Waals surface area contributed by atoms with Gasteiger partial charge in [-0.15, -0.1) is 0 Å². The van der Waals surface area contributed by atoms with Crippen molar-refractivity contribution in [3.05, 3.63) is 146 Å². The lowest BCUT2D eigenvalue weighted by atomic mass is 10.1. The minimum absolute atomic E-state index is 0.100. The van der Waals surface area contributed by atoms with Gasteiger partial charge in [0.1, 0.15) is 13.2 Å². The topological polar surface area (TPSA) is 78.9 Å². The van der Waals surface area contributed by atoms with Crippen LogP contribution in [0.2, 0.25) is 0 Å². The van der Waals surface area contributed by atoms with Crippen molar-refractivity contribution in [2.24, 2.45) is 0 Å². The second-order valence-corrected chi connectivity index (χ2v) is 22.0. The number of hydrogen-bond donors (Lipinski definition) is 0. The van der Waals surface area contributed by atoms with E-state index in [0.717, 1.165) is 148 Å². The molecule has 464 valence electrons. The highest BCUT2D eigenvalue weighted by molar-refractivity contribution is 5.71. The van der Waals surface area contributed by atoms with Crippen molar-refractivity contribution in [3.8, 4) is 0 Å². The molecule has 0 rings (SSSR count). The molecule has 6 nitrogen and oxygen atoms in total. The number of rotatable bonds is 60. The zero-order chi connectivity index (χ0) is 59.2. The van der Waals surface area contributed by atoms with Gasteiger partial charge >= 0.3 is 17.9 Å². The molecule has 0 heterocycles. The molecule has 0 saturated heterocycles. The number of hydrogen-bond acceptors (Lipinski definition) is 6. The third-order valence-corrected chi connectivity index (χ3v) is 14.1. The van der Waals surface area contributed by atoms with E-state index in [9.17, 15) is 14.4 Å². The van der Waals surface area contributed by atoms with Gasteiger partial charge in [-0.2, -0.15) is 0 Å². The molecule has 0 aliphatic carbocycles. The van der Waals surface area contributed by atoms with E-state index in [1.54, 1.807) is 0 Å². The molecule has 0 bridgehead atoms. The molecule has 0 spiro atoms.